The van der Waals surface area contributed by atoms with Crippen LogP contribution in [-0.2, 0) is 6.54 Å². The zero-order valence-electron chi connectivity index (χ0n) is 16.5. The molecule has 2 N–H and O–H groups in total. The Morgan fingerprint density at radius 1 is 1.19 bits per heavy atom. The van der Waals surface area contributed by atoms with Crippen molar-refractivity contribution in [1.82, 2.24) is 15.5 Å². The standard InChI is InChI=1S/C20H34N4O.HI/c1-4-5-12-22-20(21-2)23-15-17-10-13-24(14-11-17)16-18-6-8-19(25-3)9-7-18;/h6-9,17H,4-5,10-16H2,1-3H3,(H2,21,22,23);1H. The molecule has 0 saturated carbocycles. The van der Waals surface area contributed by atoms with Crippen molar-refractivity contribution in [1.29, 1.82) is 0 Å². The largest absolute Gasteiger partial charge is 0.497 e. The van der Waals surface area contributed by atoms with E-state index in [1.54, 1.807) is 7.11 Å². The van der Waals surface area contributed by atoms with Gasteiger partial charge in [-0.25, -0.2) is 0 Å². The molecular weight excluding hydrogens is 439 g/mol. The van der Waals surface area contributed by atoms with Crippen LogP contribution in [0.4, 0.5) is 0 Å². The molecule has 1 saturated heterocycles. The van der Waals surface area contributed by atoms with Gasteiger partial charge in [0, 0.05) is 26.7 Å². The summed E-state index contributed by atoms with van der Waals surface area (Å²) in [6.07, 6.45) is 4.88. The van der Waals surface area contributed by atoms with Crippen molar-refractivity contribution in [3.8, 4) is 5.75 Å². The topological polar surface area (TPSA) is 48.9 Å². The number of likely N-dealkylation sites (tertiary alicyclic amines) is 1. The van der Waals surface area contributed by atoms with Gasteiger partial charge >= 0.3 is 0 Å². The van der Waals surface area contributed by atoms with E-state index in [2.05, 4.69) is 39.6 Å². The first-order chi connectivity index (χ1) is 12.2. The number of halogens is 1. The predicted molar refractivity (Wildman–Crippen MR) is 121 cm³/mol. The molecule has 0 aromatic heterocycles. The summed E-state index contributed by atoms with van der Waals surface area (Å²) in [5.74, 6) is 2.60. The van der Waals surface area contributed by atoms with Gasteiger partial charge in [-0.2, -0.15) is 0 Å². The number of rotatable bonds is 8. The van der Waals surface area contributed by atoms with Gasteiger partial charge in [-0.15, -0.1) is 24.0 Å². The average molecular weight is 474 g/mol. The normalized spacial score (nSPS) is 16.0. The SMILES string of the molecule is CCCCNC(=NC)NCC1CCN(Cc2ccc(OC)cc2)CC1.I. The van der Waals surface area contributed by atoms with Crippen LogP contribution >= 0.6 is 24.0 Å². The maximum Gasteiger partial charge on any atom is 0.190 e. The molecule has 0 bridgehead atoms. The van der Waals surface area contributed by atoms with E-state index >= 15 is 0 Å². The molecular formula is C20H35IN4O. The van der Waals surface area contributed by atoms with E-state index in [9.17, 15) is 0 Å². The zero-order valence-corrected chi connectivity index (χ0v) is 18.8. The summed E-state index contributed by atoms with van der Waals surface area (Å²) in [5.41, 5.74) is 1.36. The molecule has 1 aliphatic rings. The average Bonchev–Trinajstić information content (AvgIpc) is 2.66. The number of aliphatic imine (C=N–C) groups is 1. The van der Waals surface area contributed by atoms with E-state index in [-0.39, 0.29) is 24.0 Å². The quantitative estimate of drug-likeness (QED) is 0.262. The second kappa shape index (κ2) is 13.2. The molecule has 1 aliphatic heterocycles. The first-order valence-corrected chi connectivity index (χ1v) is 9.55. The number of piperidine rings is 1. The third-order valence-electron chi connectivity index (χ3n) is 4.88. The molecule has 26 heavy (non-hydrogen) atoms. The van der Waals surface area contributed by atoms with Gasteiger partial charge in [-0.05, 0) is 56.0 Å². The molecule has 6 heteroatoms. The van der Waals surface area contributed by atoms with Gasteiger partial charge in [0.25, 0.3) is 0 Å². The fraction of sp³-hybridized carbons (Fsp3) is 0.650. The van der Waals surface area contributed by atoms with E-state index in [1.807, 2.05) is 19.2 Å². The molecule has 148 valence electrons. The molecule has 0 radical (unpaired) electrons. The van der Waals surface area contributed by atoms with Crippen LogP contribution in [0, 0.1) is 5.92 Å². The number of nitrogens with zero attached hydrogens (tertiary/aromatic N) is 2. The van der Waals surface area contributed by atoms with E-state index in [0.29, 0.717) is 0 Å². The van der Waals surface area contributed by atoms with Crippen molar-refractivity contribution in [2.45, 2.75) is 39.2 Å². The third kappa shape index (κ3) is 8.12. The Morgan fingerprint density at radius 3 is 2.46 bits per heavy atom. The van der Waals surface area contributed by atoms with Crippen LogP contribution in [0.1, 0.15) is 38.2 Å². The highest BCUT2D eigenvalue weighted by Crippen LogP contribution is 2.19. The molecule has 0 atom stereocenters. The lowest BCUT2D eigenvalue weighted by atomic mass is 9.96. The molecule has 0 aliphatic carbocycles. The fourth-order valence-electron chi connectivity index (χ4n) is 3.18. The van der Waals surface area contributed by atoms with Crippen molar-refractivity contribution < 1.29 is 4.74 Å². The van der Waals surface area contributed by atoms with Gasteiger partial charge in [0.1, 0.15) is 5.75 Å². The van der Waals surface area contributed by atoms with Crippen molar-refractivity contribution in [2.24, 2.45) is 10.9 Å². The van der Waals surface area contributed by atoms with E-state index in [1.165, 1.54) is 44.3 Å². The number of unbranched alkanes of at least 4 members (excludes halogenated alkanes) is 1. The Kier molecular flexibility index (Phi) is 11.7. The molecule has 1 aromatic rings. The number of hydrogen-bond acceptors (Lipinski definition) is 3. The van der Waals surface area contributed by atoms with Crippen LogP contribution < -0.4 is 15.4 Å². The molecule has 1 fully saturated rings. The Hall–Kier alpha value is -1.02. The van der Waals surface area contributed by atoms with Gasteiger partial charge in [0.15, 0.2) is 5.96 Å². The highest BCUT2D eigenvalue weighted by Gasteiger charge is 2.19. The zero-order chi connectivity index (χ0) is 17.9. The molecule has 0 amide bonds. The van der Waals surface area contributed by atoms with Crippen molar-refractivity contribution in [3.63, 3.8) is 0 Å². The summed E-state index contributed by atoms with van der Waals surface area (Å²) < 4.78 is 5.22. The maximum atomic E-state index is 5.22. The van der Waals surface area contributed by atoms with E-state index < -0.39 is 0 Å². The number of nitrogens with one attached hydrogen (secondary N) is 2. The van der Waals surface area contributed by atoms with Gasteiger partial charge in [-0.3, -0.25) is 9.89 Å². The third-order valence-corrected chi connectivity index (χ3v) is 4.88. The smallest absolute Gasteiger partial charge is 0.190 e. The van der Waals surface area contributed by atoms with Crippen LogP contribution in [0.15, 0.2) is 29.3 Å². The highest BCUT2D eigenvalue weighted by molar-refractivity contribution is 14.0. The van der Waals surface area contributed by atoms with E-state index in [4.69, 9.17) is 4.74 Å². The van der Waals surface area contributed by atoms with Crippen LogP contribution in [-0.4, -0.2) is 51.2 Å². The summed E-state index contributed by atoms with van der Waals surface area (Å²) in [5, 5.41) is 6.86. The van der Waals surface area contributed by atoms with Crippen LogP contribution in [0.25, 0.3) is 0 Å². The van der Waals surface area contributed by atoms with Gasteiger partial charge < -0.3 is 15.4 Å². The summed E-state index contributed by atoms with van der Waals surface area (Å²) in [4.78, 5) is 6.85. The summed E-state index contributed by atoms with van der Waals surface area (Å²) >= 11 is 0. The Morgan fingerprint density at radius 2 is 1.88 bits per heavy atom. The summed E-state index contributed by atoms with van der Waals surface area (Å²) in [7, 11) is 3.56. The molecule has 0 unspecified atom stereocenters. The highest BCUT2D eigenvalue weighted by atomic mass is 127. The van der Waals surface area contributed by atoms with Crippen LogP contribution in [0.2, 0.25) is 0 Å². The van der Waals surface area contributed by atoms with Crippen LogP contribution in [0.5, 0.6) is 5.75 Å². The fourth-order valence-corrected chi connectivity index (χ4v) is 3.18. The first kappa shape index (κ1) is 23.0. The number of hydrogen-bond donors (Lipinski definition) is 2. The lowest BCUT2D eigenvalue weighted by Crippen LogP contribution is -2.42. The molecule has 1 heterocycles. The Bertz CT molecular complexity index is 513. The van der Waals surface area contributed by atoms with Gasteiger partial charge in [0.2, 0.25) is 0 Å². The Labute approximate surface area is 176 Å². The van der Waals surface area contributed by atoms with Crippen LogP contribution in [0.3, 0.4) is 0 Å². The molecule has 0 spiro atoms. The minimum atomic E-state index is 0. The lowest BCUT2D eigenvalue weighted by Gasteiger charge is -2.32. The molecule has 1 aromatic carbocycles. The van der Waals surface area contributed by atoms with Gasteiger partial charge in [-0.1, -0.05) is 25.5 Å². The number of benzene rings is 1. The number of ether oxygens (including phenoxy) is 1. The first-order valence-electron chi connectivity index (χ1n) is 9.55. The Balaban J connectivity index is 0.00000338. The summed E-state index contributed by atoms with van der Waals surface area (Å²) in [6.45, 7) is 7.58. The minimum absolute atomic E-state index is 0. The van der Waals surface area contributed by atoms with Gasteiger partial charge in [0.05, 0.1) is 7.11 Å². The predicted octanol–water partition coefficient (Wildman–Crippen LogP) is 3.49. The summed E-state index contributed by atoms with van der Waals surface area (Å²) in [6, 6.07) is 8.42. The van der Waals surface area contributed by atoms with Crippen molar-refractivity contribution in [3.05, 3.63) is 29.8 Å². The van der Waals surface area contributed by atoms with Crippen molar-refractivity contribution in [2.75, 3.05) is 40.3 Å². The monoisotopic (exact) mass is 474 g/mol. The lowest BCUT2D eigenvalue weighted by molar-refractivity contribution is 0.178. The minimum Gasteiger partial charge on any atom is -0.497 e. The maximum absolute atomic E-state index is 5.22. The number of methoxy groups -OCH3 is 1. The second-order valence-electron chi connectivity index (χ2n) is 6.80. The van der Waals surface area contributed by atoms with Crippen molar-refractivity contribution >= 4 is 29.9 Å². The molecule has 2 rings (SSSR count). The van der Waals surface area contributed by atoms with E-state index in [0.717, 1.165) is 37.3 Å². The molecule has 5 nitrogen and oxygen atoms in total. The number of guanidine groups is 1. The second-order valence-corrected chi connectivity index (χ2v) is 6.80.